The predicted octanol–water partition coefficient (Wildman–Crippen LogP) is -0.499. The second-order valence-corrected chi connectivity index (χ2v) is 2.46. The maximum atomic E-state index is 10.9. The molecule has 0 bridgehead atoms. The Kier molecular flexibility index (Phi) is 5.53. The highest BCUT2D eigenvalue weighted by Crippen LogP contribution is 1.96. The molecule has 0 aliphatic rings. The Labute approximate surface area is 71.5 Å². The van der Waals surface area contributed by atoms with Gasteiger partial charge >= 0.3 is 0 Å². The number of hydrogen-bond acceptors (Lipinski definition) is 4. The summed E-state index contributed by atoms with van der Waals surface area (Å²) in [5, 5.41) is 17.4. The van der Waals surface area contributed by atoms with Crippen LogP contribution in [0.5, 0.6) is 0 Å². The summed E-state index contributed by atoms with van der Waals surface area (Å²) in [6, 6.07) is 0. The van der Waals surface area contributed by atoms with E-state index in [9.17, 15) is 4.79 Å². The molecule has 0 aliphatic heterocycles. The molecule has 2 N–H and O–H groups in total. The standard InChI is InChI=1S/C8H14O4/c1-6(2)8(11)7(10)5-12-4-3-9/h7,9-10H,1,3-5H2,2H3. The van der Waals surface area contributed by atoms with E-state index in [1.54, 1.807) is 0 Å². The molecule has 0 fully saturated rings. The number of aliphatic hydroxyl groups is 2. The van der Waals surface area contributed by atoms with Gasteiger partial charge in [-0.15, -0.1) is 0 Å². The first-order chi connectivity index (χ1) is 5.59. The highest BCUT2D eigenvalue weighted by Gasteiger charge is 2.14. The molecule has 0 aliphatic carbocycles. The summed E-state index contributed by atoms with van der Waals surface area (Å²) in [6.07, 6.45) is -1.16. The number of ether oxygens (including phenoxy) is 1. The van der Waals surface area contributed by atoms with E-state index in [0.717, 1.165) is 0 Å². The molecule has 4 heteroatoms. The summed E-state index contributed by atoms with van der Waals surface area (Å²) in [4.78, 5) is 10.9. The summed E-state index contributed by atoms with van der Waals surface area (Å²) in [5.74, 6) is -0.423. The van der Waals surface area contributed by atoms with Gasteiger partial charge in [0, 0.05) is 0 Å². The zero-order chi connectivity index (χ0) is 9.56. The quantitative estimate of drug-likeness (QED) is 0.421. The van der Waals surface area contributed by atoms with E-state index in [2.05, 4.69) is 6.58 Å². The highest BCUT2D eigenvalue weighted by molar-refractivity contribution is 5.97. The molecule has 1 unspecified atom stereocenters. The van der Waals surface area contributed by atoms with Crippen molar-refractivity contribution in [3.8, 4) is 0 Å². The van der Waals surface area contributed by atoms with Crippen LogP contribution < -0.4 is 0 Å². The van der Waals surface area contributed by atoms with Crippen LogP contribution in [0.25, 0.3) is 0 Å². The van der Waals surface area contributed by atoms with Crippen LogP contribution >= 0.6 is 0 Å². The lowest BCUT2D eigenvalue weighted by Crippen LogP contribution is -2.26. The highest BCUT2D eigenvalue weighted by atomic mass is 16.5. The van der Waals surface area contributed by atoms with Gasteiger partial charge in [-0.2, -0.15) is 0 Å². The molecule has 0 spiro atoms. The topological polar surface area (TPSA) is 66.8 Å². The van der Waals surface area contributed by atoms with Gasteiger partial charge in [-0.25, -0.2) is 0 Å². The Morgan fingerprint density at radius 2 is 2.25 bits per heavy atom. The summed E-state index contributed by atoms with van der Waals surface area (Å²) >= 11 is 0. The number of carbonyl (C=O) groups excluding carboxylic acids is 1. The molecule has 0 aromatic rings. The van der Waals surface area contributed by atoms with E-state index < -0.39 is 11.9 Å². The molecular weight excluding hydrogens is 160 g/mol. The van der Waals surface area contributed by atoms with Gasteiger partial charge < -0.3 is 14.9 Å². The maximum absolute atomic E-state index is 10.9. The molecule has 0 aromatic carbocycles. The van der Waals surface area contributed by atoms with Crippen molar-refractivity contribution in [2.45, 2.75) is 13.0 Å². The van der Waals surface area contributed by atoms with Crippen LogP contribution in [0.3, 0.4) is 0 Å². The van der Waals surface area contributed by atoms with Gasteiger partial charge in [-0.05, 0) is 12.5 Å². The van der Waals surface area contributed by atoms with Crippen LogP contribution in [0.4, 0.5) is 0 Å². The van der Waals surface area contributed by atoms with Crippen LogP contribution in [0.15, 0.2) is 12.2 Å². The molecule has 12 heavy (non-hydrogen) atoms. The largest absolute Gasteiger partial charge is 0.394 e. The Bertz CT molecular complexity index is 164. The van der Waals surface area contributed by atoms with E-state index >= 15 is 0 Å². The number of aliphatic hydroxyl groups excluding tert-OH is 2. The van der Waals surface area contributed by atoms with Crippen LogP contribution in [-0.4, -0.2) is 41.9 Å². The molecule has 0 rings (SSSR count). The van der Waals surface area contributed by atoms with E-state index in [1.807, 2.05) is 0 Å². The monoisotopic (exact) mass is 174 g/mol. The smallest absolute Gasteiger partial charge is 0.188 e. The number of hydrogen-bond donors (Lipinski definition) is 2. The Hall–Kier alpha value is -0.710. The first kappa shape index (κ1) is 11.3. The summed E-state index contributed by atoms with van der Waals surface area (Å²) in [7, 11) is 0. The van der Waals surface area contributed by atoms with Crippen LogP contribution in [0.1, 0.15) is 6.92 Å². The molecule has 0 heterocycles. The van der Waals surface area contributed by atoms with Crippen molar-refractivity contribution in [1.29, 1.82) is 0 Å². The molecule has 4 nitrogen and oxygen atoms in total. The van der Waals surface area contributed by atoms with Gasteiger partial charge in [-0.3, -0.25) is 4.79 Å². The number of Topliss-reactive ketones (excluding diaryl/α,β-unsaturated/α-hetero) is 1. The number of rotatable bonds is 6. The molecule has 0 radical (unpaired) electrons. The third-order valence-corrected chi connectivity index (χ3v) is 1.23. The van der Waals surface area contributed by atoms with Crippen molar-refractivity contribution in [3.63, 3.8) is 0 Å². The van der Waals surface area contributed by atoms with E-state index in [4.69, 9.17) is 14.9 Å². The van der Waals surface area contributed by atoms with Crippen molar-refractivity contribution in [2.75, 3.05) is 19.8 Å². The normalized spacial score (nSPS) is 12.6. The van der Waals surface area contributed by atoms with E-state index in [-0.39, 0.29) is 19.8 Å². The van der Waals surface area contributed by atoms with Crippen LogP contribution in [0.2, 0.25) is 0 Å². The van der Waals surface area contributed by atoms with Crippen molar-refractivity contribution in [3.05, 3.63) is 12.2 Å². The minimum Gasteiger partial charge on any atom is -0.394 e. The fourth-order valence-corrected chi connectivity index (χ4v) is 0.620. The van der Waals surface area contributed by atoms with Gasteiger partial charge in [0.15, 0.2) is 5.78 Å². The first-order valence-electron chi connectivity index (χ1n) is 3.66. The van der Waals surface area contributed by atoms with E-state index in [1.165, 1.54) is 6.92 Å². The van der Waals surface area contributed by atoms with Crippen molar-refractivity contribution in [2.24, 2.45) is 0 Å². The fraction of sp³-hybridized carbons (Fsp3) is 0.625. The Morgan fingerprint density at radius 3 is 2.67 bits per heavy atom. The zero-order valence-corrected chi connectivity index (χ0v) is 7.12. The summed E-state index contributed by atoms with van der Waals surface area (Å²) in [5.41, 5.74) is 0.301. The molecule has 0 saturated carbocycles. The van der Waals surface area contributed by atoms with Crippen LogP contribution in [0, 0.1) is 0 Å². The maximum Gasteiger partial charge on any atom is 0.188 e. The van der Waals surface area contributed by atoms with E-state index in [0.29, 0.717) is 5.57 Å². The minimum atomic E-state index is -1.16. The van der Waals surface area contributed by atoms with Crippen LogP contribution in [-0.2, 0) is 9.53 Å². The molecule has 0 aromatic heterocycles. The number of ketones is 1. The lowest BCUT2D eigenvalue weighted by molar-refractivity contribution is -0.126. The molecule has 1 atom stereocenters. The molecule has 0 amide bonds. The minimum absolute atomic E-state index is 0.0910. The first-order valence-corrected chi connectivity index (χ1v) is 3.66. The van der Waals surface area contributed by atoms with Gasteiger partial charge in [0.2, 0.25) is 0 Å². The number of carbonyl (C=O) groups is 1. The van der Waals surface area contributed by atoms with Gasteiger partial charge in [0.05, 0.1) is 19.8 Å². The molecular formula is C8H14O4. The lowest BCUT2D eigenvalue weighted by atomic mass is 10.1. The average molecular weight is 174 g/mol. The Morgan fingerprint density at radius 1 is 1.67 bits per heavy atom. The molecule has 0 saturated heterocycles. The third-order valence-electron chi connectivity index (χ3n) is 1.23. The van der Waals surface area contributed by atoms with Crippen molar-refractivity contribution in [1.82, 2.24) is 0 Å². The Balaban J connectivity index is 3.64. The van der Waals surface area contributed by atoms with Gasteiger partial charge in [0.25, 0.3) is 0 Å². The second kappa shape index (κ2) is 5.88. The van der Waals surface area contributed by atoms with Gasteiger partial charge in [-0.1, -0.05) is 6.58 Å². The summed E-state index contributed by atoms with van der Waals surface area (Å²) in [6.45, 7) is 4.83. The second-order valence-electron chi connectivity index (χ2n) is 2.46. The predicted molar refractivity (Wildman–Crippen MR) is 43.7 cm³/mol. The fourth-order valence-electron chi connectivity index (χ4n) is 0.620. The third kappa shape index (κ3) is 4.23. The average Bonchev–Trinajstić information content (AvgIpc) is 2.03. The zero-order valence-electron chi connectivity index (χ0n) is 7.12. The van der Waals surface area contributed by atoms with Gasteiger partial charge in [0.1, 0.15) is 6.10 Å². The SMILES string of the molecule is C=C(C)C(=O)C(O)COCCO. The lowest BCUT2D eigenvalue weighted by Gasteiger charge is -2.08. The van der Waals surface area contributed by atoms with Crippen molar-refractivity contribution < 1.29 is 19.7 Å². The summed E-state index contributed by atoms with van der Waals surface area (Å²) < 4.78 is 4.75. The van der Waals surface area contributed by atoms with Crippen molar-refractivity contribution >= 4 is 5.78 Å². The molecule has 70 valence electrons.